The van der Waals surface area contributed by atoms with Crippen LogP contribution in [0.1, 0.15) is 33.3 Å². The molecule has 0 aliphatic rings. The van der Waals surface area contributed by atoms with Crippen molar-refractivity contribution in [2.45, 2.75) is 20.0 Å². The number of rotatable bonds is 6. The van der Waals surface area contributed by atoms with Gasteiger partial charge >= 0.3 is 0 Å². The molecule has 9 nitrogen and oxygen atoms in total. The lowest BCUT2D eigenvalue weighted by Crippen LogP contribution is -2.43. The van der Waals surface area contributed by atoms with Crippen molar-refractivity contribution >= 4 is 22.6 Å². The molecular weight excluding hydrogens is 468 g/mol. The van der Waals surface area contributed by atoms with Crippen LogP contribution in [0.5, 0.6) is 0 Å². The van der Waals surface area contributed by atoms with Gasteiger partial charge in [-0.05, 0) is 41.8 Å². The molecule has 9 heteroatoms. The second-order valence-electron chi connectivity index (χ2n) is 8.37. The standard InChI is InChI=1S/C28H24N6O3/c1-2-34-28(37)24-11-6-4-9-22(24)25(32-34)27(36)31-30-26(35)23-10-5-3-8-21(23)20-14-12-19(13-15-20)18-33-17-7-16-29-33/h3-17H,2,18H2,1H3,(H,30,35)(H,31,36). The van der Waals surface area contributed by atoms with Gasteiger partial charge in [0.1, 0.15) is 0 Å². The molecule has 0 aliphatic heterocycles. The number of fused-ring (bicyclic) bond motifs is 1. The van der Waals surface area contributed by atoms with Crippen molar-refractivity contribution < 1.29 is 9.59 Å². The van der Waals surface area contributed by atoms with Crippen LogP contribution in [0.2, 0.25) is 0 Å². The molecule has 2 aromatic heterocycles. The highest BCUT2D eigenvalue weighted by molar-refractivity contribution is 6.07. The molecular formula is C28H24N6O3. The lowest BCUT2D eigenvalue weighted by Gasteiger charge is -2.13. The molecule has 184 valence electrons. The first-order valence-electron chi connectivity index (χ1n) is 11.8. The van der Waals surface area contributed by atoms with Crippen molar-refractivity contribution in [1.82, 2.24) is 30.4 Å². The Labute approximate surface area is 212 Å². The maximum Gasteiger partial charge on any atom is 0.290 e. The number of carbonyl (C=O) groups excluding carboxylic acids is 2. The molecule has 2 heterocycles. The lowest BCUT2D eigenvalue weighted by molar-refractivity contribution is 0.0844. The molecule has 0 fully saturated rings. The van der Waals surface area contributed by atoms with E-state index in [1.807, 2.05) is 53.3 Å². The number of nitrogens with zero attached hydrogens (tertiary/aromatic N) is 4. The van der Waals surface area contributed by atoms with Crippen LogP contribution < -0.4 is 16.4 Å². The summed E-state index contributed by atoms with van der Waals surface area (Å²) in [4.78, 5) is 38.6. The third-order valence-electron chi connectivity index (χ3n) is 6.01. The number of amides is 2. The summed E-state index contributed by atoms with van der Waals surface area (Å²) >= 11 is 0. The van der Waals surface area contributed by atoms with E-state index in [2.05, 4.69) is 21.0 Å². The number of aryl methyl sites for hydroxylation is 1. The highest BCUT2D eigenvalue weighted by Crippen LogP contribution is 2.24. The van der Waals surface area contributed by atoms with Crippen LogP contribution >= 0.6 is 0 Å². The predicted molar refractivity (Wildman–Crippen MR) is 140 cm³/mol. The van der Waals surface area contributed by atoms with Crippen molar-refractivity contribution in [3.05, 3.63) is 118 Å². The zero-order valence-corrected chi connectivity index (χ0v) is 20.1. The minimum absolute atomic E-state index is 0.0541. The molecule has 0 radical (unpaired) electrons. The molecule has 0 spiro atoms. The topological polar surface area (TPSA) is 111 Å². The number of aromatic nitrogens is 4. The second-order valence-corrected chi connectivity index (χ2v) is 8.37. The molecule has 3 aromatic carbocycles. The van der Waals surface area contributed by atoms with Gasteiger partial charge in [-0.1, -0.05) is 60.7 Å². The van der Waals surface area contributed by atoms with Crippen molar-refractivity contribution in [1.29, 1.82) is 0 Å². The normalized spacial score (nSPS) is 10.8. The molecule has 2 amide bonds. The lowest BCUT2D eigenvalue weighted by atomic mass is 9.98. The SMILES string of the molecule is CCn1nc(C(=O)NNC(=O)c2ccccc2-c2ccc(Cn3cccn3)cc2)c2ccccc2c1=O. The third kappa shape index (κ3) is 4.87. The maximum absolute atomic E-state index is 13.1. The summed E-state index contributed by atoms with van der Waals surface area (Å²) < 4.78 is 3.06. The Morgan fingerprint density at radius 1 is 0.838 bits per heavy atom. The summed E-state index contributed by atoms with van der Waals surface area (Å²) in [6, 6.07) is 23.7. The molecule has 0 saturated heterocycles. The van der Waals surface area contributed by atoms with Crippen LogP contribution in [0.15, 0.2) is 96.1 Å². The molecule has 0 saturated carbocycles. The van der Waals surface area contributed by atoms with Crippen LogP contribution in [0.4, 0.5) is 0 Å². The van der Waals surface area contributed by atoms with Gasteiger partial charge in [0.2, 0.25) is 0 Å². The van der Waals surface area contributed by atoms with Crippen LogP contribution in [0.3, 0.4) is 0 Å². The Kier molecular flexibility index (Phi) is 6.58. The number of carbonyl (C=O) groups is 2. The summed E-state index contributed by atoms with van der Waals surface area (Å²) in [7, 11) is 0. The van der Waals surface area contributed by atoms with Crippen LogP contribution in [-0.4, -0.2) is 31.4 Å². The predicted octanol–water partition coefficient (Wildman–Crippen LogP) is 3.40. The number of benzene rings is 3. The maximum atomic E-state index is 13.1. The van der Waals surface area contributed by atoms with Gasteiger partial charge in [0.05, 0.1) is 11.9 Å². The number of hydrogen-bond acceptors (Lipinski definition) is 5. The van der Waals surface area contributed by atoms with Gasteiger partial charge in [0.25, 0.3) is 17.4 Å². The Hall–Kier alpha value is -5.05. The Bertz CT molecular complexity index is 1640. The first kappa shape index (κ1) is 23.7. The molecule has 37 heavy (non-hydrogen) atoms. The van der Waals surface area contributed by atoms with E-state index in [1.54, 1.807) is 49.5 Å². The van der Waals surface area contributed by atoms with E-state index in [-0.39, 0.29) is 11.3 Å². The van der Waals surface area contributed by atoms with Gasteiger partial charge < -0.3 is 0 Å². The van der Waals surface area contributed by atoms with Crippen LogP contribution in [0, 0.1) is 0 Å². The van der Waals surface area contributed by atoms with Gasteiger partial charge in [0.15, 0.2) is 5.69 Å². The molecule has 0 aliphatic carbocycles. The zero-order valence-electron chi connectivity index (χ0n) is 20.1. The zero-order chi connectivity index (χ0) is 25.8. The van der Waals surface area contributed by atoms with E-state index >= 15 is 0 Å². The average Bonchev–Trinajstić information content (AvgIpc) is 3.45. The number of hydrogen-bond donors (Lipinski definition) is 2. The Morgan fingerprint density at radius 2 is 1.54 bits per heavy atom. The summed E-state index contributed by atoms with van der Waals surface area (Å²) in [5.41, 5.74) is 7.78. The fourth-order valence-corrected chi connectivity index (χ4v) is 4.16. The molecule has 0 unspecified atom stereocenters. The first-order chi connectivity index (χ1) is 18.0. The van der Waals surface area contributed by atoms with Crippen LogP contribution in [-0.2, 0) is 13.1 Å². The Balaban J connectivity index is 1.35. The number of hydrazine groups is 1. The minimum atomic E-state index is -0.618. The van der Waals surface area contributed by atoms with E-state index in [0.717, 1.165) is 16.7 Å². The summed E-state index contributed by atoms with van der Waals surface area (Å²) in [6.07, 6.45) is 3.64. The van der Waals surface area contributed by atoms with Crippen molar-refractivity contribution in [3.8, 4) is 11.1 Å². The fraction of sp³-hybridized carbons (Fsp3) is 0.107. The van der Waals surface area contributed by atoms with Crippen molar-refractivity contribution in [3.63, 3.8) is 0 Å². The van der Waals surface area contributed by atoms with Gasteiger partial charge in [-0.25, -0.2) is 4.68 Å². The van der Waals surface area contributed by atoms with E-state index in [0.29, 0.717) is 29.4 Å². The third-order valence-corrected chi connectivity index (χ3v) is 6.01. The van der Waals surface area contributed by atoms with Crippen LogP contribution in [0.25, 0.3) is 21.9 Å². The molecule has 0 atom stereocenters. The molecule has 5 rings (SSSR count). The van der Waals surface area contributed by atoms with Crippen molar-refractivity contribution in [2.75, 3.05) is 0 Å². The smallest absolute Gasteiger partial charge is 0.268 e. The van der Waals surface area contributed by atoms with E-state index in [4.69, 9.17) is 0 Å². The highest BCUT2D eigenvalue weighted by Gasteiger charge is 2.18. The van der Waals surface area contributed by atoms with E-state index in [1.165, 1.54) is 4.68 Å². The Morgan fingerprint density at radius 3 is 2.27 bits per heavy atom. The highest BCUT2D eigenvalue weighted by atomic mass is 16.2. The largest absolute Gasteiger partial charge is 0.290 e. The van der Waals surface area contributed by atoms with E-state index in [9.17, 15) is 14.4 Å². The summed E-state index contributed by atoms with van der Waals surface area (Å²) in [5, 5.41) is 9.23. The molecule has 5 aromatic rings. The average molecular weight is 493 g/mol. The summed E-state index contributed by atoms with van der Waals surface area (Å²) in [6.45, 7) is 2.73. The first-order valence-corrected chi connectivity index (χ1v) is 11.8. The number of nitrogens with one attached hydrogen (secondary N) is 2. The van der Waals surface area contributed by atoms with Gasteiger partial charge in [0, 0.05) is 29.9 Å². The fourth-order valence-electron chi connectivity index (χ4n) is 4.16. The second kappa shape index (κ2) is 10.3. The van der Waals surface area contributed by atoms with Gasteiger partial charge in [-0.15, -0.1) is 0 Å². The van der Waals surface area contributed by atoms with Gasteiger partial charge in [-0.3, -0.25) is 29.9 Å². The monoisotopic (exact) mass is 492 g/mol. The van der Waals surface area contributed by atoms with E-state index < -0.39 is 11.8 Å². The van der Waals surface area contributed by atoms with Gasteiger partial charge in [-0.2, -0.15) is 10.2 Å². The quantitative estimate of drug-likeness (QED) is 0.353. The van der Waals surface area contributed by atoms with Crippen molar-refractivity contribution in [2.24, 2.45) is 0 Å². The molecule has 0 bridgehead atoms. The minimum Gasteiger partial charge on any atom is -0.268 e. The molecule has 2 N–H and O–H groups in total. The summed E-state index contributed by atoms with van der Waals surface area (Å²) in [5.74, 6) is -1.09.